The Morgan fingerprint density at radius 3 is 2.59 bits per heavy atom. The maximum absolute atomic E-state index is 11.6. The average molecular weight is 381 g/mol. The fourth-order valence-corrected chi connectivity index (χ4v) is 3.55. The summed E-state index contributed by atoms with van der Waals surface area (Å²) in [6.45, 7) is 9.81. The Hall–Kier alpha value is -2.46. The molecule has 0 aliphatic heterocycles. The fourth-order valence-electron chi connectivity index (χ4n) is 2.55. The summed E-state index contributed by atoms with van der Waals surface area (Å²) in [6.07, 6.45) is 0. The van der Waals surface area contributed by atoms with Gasteiger partial charge in [-0.05, 0) is 31.2 Å². The van der Waals surface area contributed by atoms with Crippen LogP contribution >= 0.6 is 11.8 Å². The number of benzene rings is 2. The van der Waals surface area contributed by atoms with Crippen molar-refractivity contribution in [3.05, 3.63) is 66.7 Å². The Morgan fingerprint density at radius 2 is 1.89 bits per heavy atom. The van der Waals surface area contributed by atoms with E-state index in [1.165, 1.54) is 0 Å². The Bertz CT molecular complexity index is 954. The molecule has 140 valence electrons. The second-order valence-corrected chi connectivity index (χ2v) is 8.53. The second-order valence-electron chi connectivity index (χ2n) is 7.49. The zero-order valence-electron chi connectivity index (χ0n) is 16.0. The van der Waals surface area contributed by atoms with Gasteiger partial charge < -0.3 is 9.15 Å². The molecule has 1 heterocycles. The van der Waals surface area contributed by atoms with Crippen LogP contribution in [0.3, 0.4) is 0 Å². The highest BCUT2D eigenvalue weighted by atomic mass is 32.2. The van der Waals surface area contributed by atoms with E-state index in [0.717, 1.165) is 32.9 Å². The number of thioether (sulfide) groups is 1. The molecule has 1 aromatic heterocycles. The number of hydrogen-bond acceptors (Lipinski definition) is 4. The lowest BCUT2D eigenvalue weighted by atomic mass is 9.98. The number of rotatable bonds is 7. The molecule has 3 aromatic rings. The number of carbonyl (C=O) groups is 1. The summed E-state index contributed by atoms with van der Waals surface area (Å²) in [5, 5.41) is 1.09. The van der Waals surface area contributed by atoms with Crippen LogP contribution in [0.1, 0.15) is 20.8 Å². The number of fused-ring (bicyclic) bond motifs is 1. The standard InChI is InChI=1S/C23H24O3S/c1-16(2)22(24)25-14-23(3,4)15-27-19-11-10-18-12-20(26-21(18)13-19)17-8-6-5-7-9-17/h5-13H,1,14-15H2,2-4H3. The van der Waals surface area contributed by atoms with Crippen molar-refractivity contribution < 1.29 is 13.9 Å². The van der Waals surface area contributed by atoms with Gasteiger partial charge in [-0.3, -0.25) is 0 Å². The SMILES string of the molecule is C=C(C)C(=O)OCC(C)(C)CSc1ccc2cc(-c3ccccc3)oc2c1. The van der Waals surface area contributed by atoms with Gasteiger partial charge in [-0.15, -0.1) is 11.8 Å². The van der Waals surface area contributed by atoms with Crippen molar-refractivity contribution in [3.8, 4) is 11.3 Å². The van der Waals surface area contributed by atoms with Gasteiger partial charge in [0.05, 0.1) is 6.61 Å². The summed E-state index contributed by atoms with van der Waals surface area (Å²) in [7, 11) is 0. The van der Waals surface area contributed by atoms with Crippen molar-refractivity contribution in [1.82, 2.24) is 0 Å². The van der Waals surface area contributed by atoms with Gasteiger partial charge in [0.1, 0.15) is 11.3 Å². The summed E-state index contributed by atoms with van der Waals surface area (Å²) < 4.78 is 11.3. The molecule has 0 aliphatic carbocycles. The summed E-state index contributed by atoms with van der Waals surface area (Å²) in [4.78, 5) is 12.7. The maximum atomic E-state index is 11.6. The summed E-state index contributed by atoms with van der Waals surface area (Å²) >= 11 is 1.73. The predicted octanol–water partition coefficient (Wildman–Crippen LogP) is 6.34. The van der Waals surface area contributed by atoms with Crippen molar-refractivity contribution >= 4 is 28.7 Å². The molecule has 4 heteroatoms. The zero-order chi connectivity index (χ0) is 19.4. The predicted molar refractivity (Wildman–Crippen MR) is 112 cm³/mol. The topological polar surface area (TPSA) is 39.4 Å². The van der Waals surface area contributed by atoms with Gasteiger partial charge in [-0.2, -0.15) is 0 Å². The number of hydrogen-bond donors (Lipinski definition) is 0. The van der Waals surface area contributed by atoms with Gasteiger partial charge >= 0.3 is 5.97 Å². The first kappa shape index (κ1) is 19.3. The molecule has 0 spiro atoms. The molecule has 0 N–H and O–H groups in total. The van der Waals surface area contributed by atoms with Crippen LogP contribution in [0.2, 0.25) is 0 Å². The van der Waals surface area contributed by atoms with Crippen LogP contribution in [-0.2, 0) is 9.53 Å². The van der Waals surface area contributed by atoms with Crippen molar-refractivity contribution in [2.24, 2.45) is 5.41 Å². The van der Waals surface area contributed by atoms with Crippen molar-refractivity contribution in [2.45, 2.75) is 25.7 Å². The highest BCUT2D eigenvalue weighted by Gasteiger charge is 2.21. The third-order valence-electron chi connectivity index (χ3n) is 4.12. The molecule has 0 unspecified atom stereocenters. The van der Waals surface area contributed by atoms with Crippen LogP contribution in [0.5, 0.6) is 0 Å². The molecule has 0 saturated heterocycles. The van der Waals surface area contributed by atoms with Crippen LogP contribution in [0.15, 0.2) is 76.1 Å². The normalized spacial score (nSPS) is 11.5. The lowest BCUT2D eigenvalue weighted by Gasteiger charge is -2.23. The zero-order valence-corrected chi connectivity index (χ0v) is 16.8. The Kier molecular flexibility index (Phi) is 5.76. The van der Waals surface area contributed by atoms with E-state index in [0.29, 0.717) is 12.2 Å². The van der Waals surface area contributed by atoms with Crippen LogP contribution in [0.25, 0.3) is 22.3 Å². The van der Waals surface area contributed by atoms with Crippen molar-refractivity contribution in [1.29, 1.82) is 0 Å². The molecule has 0 fully saturated rings. The van der Waals surface area contributed by atoms with Gasteiger partial charge in [0.25, 0.3) is 0 Å². The molecule has 3 nitrogen and oxygen atoms in total. The molecule has 2 aromatic carbocycles. The van der Waals surface area contributed by atoms with E-state index in [9.17, 15) is 4.79 Å². The molecule has 3 rings (SSSR count). The van der Waals surface area contributed by atoms with Gasteiger partial charge in [-0.1, -0.05) is 50.8 Å². The highest BCUT2D eigenvalue weighted by molar-refractivity contribution is 7.99. The number of ether oxygens (including phenoxy) is 1. The number of carbonyl (C=O) groups excluding carboxylic acids is 1. The van der Waals surface area contributed by atoms with Crippen molar-refractivity contribution in [3.63, 3.8) is 0 Å². The lowest BCUT2D eigenvalue weighted by molar-refractivity contribution is -0.141. The van der Waals surface area contributed by atoms with E-state index in [1.54, 1.807) is 18.7 Å². The van der Waals surface area contributed by atoms with E-state index in [1.807, 2.05) is 30.3 Å². The van der Waals surface area contributed by atoms with E-state index in [2.05, 4.69) is 44.7 Å². The summed E-state index contributed by atoms with van der Waals surface area (Å²) in [5.74, 6) is 1.37. The minimum Gasteiger partial charge on any atom is -0.462 e. The smallest absolute Gasteiger partial charge is 0.333 e. The van der Waals surface area contributed by atoms with Gasteiger partial charge in [0.2, 0.25) is 0 Å². The maximum Gasteiger partial charge on any atom is 0.333 e. The van der Waals surface area contributed by atoms with E-state index in [4.69, 9.17) is 9.15 Å². The van der Waals surface area contributed by atoms with Gasteiger partial charge in [0.15, 0.2) is 0 Å². The van der Waals surface area contributed by atoms with Crippen LogP contribution in [-0.4, -0.2) is 18.3 Å². The van der Waals surface area contributed by atoms with Crippen LogP contribution in [0, 0.1) is 5.41 Å². The molecule has 0 radical (unpaired) electrons. The second kappa shape index (κ2) is 8.05. The lowest BCUT2D eigenvalue weighted by Crippen LogP contribution is -2.24. The molecular weight excluding hydrogens is 356 g/mol. The van der Waals surface area contributed by atoms with Crippen LogP contribution in [0.4, 0.5) is 0 Å². The third kappa shape index (κ3) is 5.04. The quantitative estimate of drug-likeness (QED) is 0.272. The average Bonchev–Trinajstić information content (AvgIpc) is 3.08. The number of furan rings is 1. The molecule has 0 saturated carbocycles. The molecule has 0 bridgehead atoms. The molecule has 0 aliphatic rings. The Balaban J connectivity index is 1.67. The van der Waals surface area contributed by atoms with E-state index < -0.39 is 0 Å². The molecule has 0 amide bonds. The first-order valence-electron chi connectivity index (χ1n) is 8.88. The Morgan fingerprint density at radius 1 is 1.15 bits per heavy atom. The molecular formula is C23H24O3S. The molecule has 27 heavy (non-hydrogen) atoms. The first-order chi connectivity index (χ1) is 12.8. The highest BCUT2D eigenvalue weighted by Crippen LogP contribution is 2.33. The van der Waals surface area contributed by atoms with Crippen molar-refractivity contribution in [2.75, 3.05) is 12.4 Å². The minimum atomic E-state index is -0.335. The monoisotopic (exact) mass is 380 g/mol. The largest absolute Gasteiger partial charge is 0.462 e. The van der Waals surface area contributed by atoms with Gasteiger partial charge in [0, 0.05) is 32.6 Å². The summed E-state index contributed by atoms with van der Waals surface area (Å²) in [5.41, 5.74) is 2.24. The third-order valence-corrected chi connectivity index (χ3v) is 5.63. The molecule has 0 atom stereocenters. The van der Waals surface area contributed by atoms with Gasteiger partial charge in [-0.25, -0.2) is 4.79 Å². The minimum absolute atomic E-state index is 0.136. The number of esters is 1. The van der Waals surface area contributed by atoms with E-state index >= 15 is 0 Å². The first-order valence-corrected chi connectivity index (χ1v) is 9.87. The fraction of sp³-hybridized carbons (Fsp3) is 0.261. The van der Waals surface area contributed by atoms with E-state index in [-0.39, 0.29) is 11.4 Å². The van der Waals surface area contributed by atoms with Crippen LogP contribution < -0.4 is 0 Å². The summed E-state index contributed by atoms with van der Waals surface area (Å²) in [6, 6.07) is 18.4. The Labute approximate surface area is 164 Å².